The number of carbonyl (C=O) groups excluding carboxylic acids is 2. The van der Waals surface area contributed by atoms with Crippen molar-refractivity contribution in [2.75, 3.05) is 13.2 Å². The number of carbonyl (C=O) groups is 2. The monoisotopic (exact) mass is 285 g/mol. The first-order chi connectivity index (χ1) is 8.82. The van der Waals surface area contributed by atoms with Crippen molar-refractivity contribution in [1.29, 1.82) is 0 Å². The zero-order valence-corrected chi connectivity index (χ0v) is 10.4. The number of nitrogens with zero attached hydrogens (tertiary/aromatic N) is 1. The summed E-state index contributed by atoms with van der Waals surface area (Å²) in [6.07, 6.45) is -3.01. The van der Waals surface area contributed by atoms with Crippen LogP contribution in [0, 0.1) is 0 Å². The molecule has 1 aliphatic rings. The number of rotatable bonds is 4. The second-order valence-electron chi connectivity index (χ2n) is 4.19. The van der Waals surface area contributed by atoms with Crippen molar-refractivity contribution < 1.29 is 31.9 Å². The molecule has 1 atom stereocenters. The first-order valence-corrected chi connectivity index (χ1v) is 5.96. The molecular weight excluding hydrogens is 270 g/mol. The Bertz CT molecular complexity index is 349. The van der Waals surface area contributed by atoms with Crippen molar-refractivity contribution in [3.8, 4) is 0 Å². The Hall–Kier alpha value is -1.34. The van der Waals surface area contributed by atoms with Crippen LogP contribution in [0.1, 0.15) is 26.2 Å². The summed E-state index contributed by atoms with van der Waals surface area (Å²) >= 11 is 0. The van der Waals surface area contributed by atoms with Crippen molar-refractivity contribution in [1.82, 2.24) is 4.90 Å². The lowest BCUT2D eigenvalue weighted by atomic mass is 10.0. The molecule has 0 aromatic heterocycles. The van der Waals surface area contributed by atoms with E-state index < -0.39 is 30.3 Å². The standard InChI is InChI=1S/C11H15F4NO3/c1-2-19-8(17)7-5-3-4-6-16(7)10(18)11(14,15)9(12)13/h7,9H,2-6H2,1H3. The summed E-state index contributed by atoms with van der Waals surface area (Å²) in [4.78, 5) is 23.5. The number of halogens is 4. The smallest absolute Gasteiger partial charge is 0.383 e. The van der Waals surface area contributed by atoms with Gasteiger partial charge >= 0.3 is 18.3 Å². The van der Waals surface area contributed by atoms with Gasteiger partial charge in [0.25, 0.3) is 5.91 Å². The second kappa shape index (κ2) is 6.21. The van der Waals surface area contributed by atoms with Crippen LogP contribution >= 0.6 is 0 Å². The molecule has 1 amide bonds. The van der Waals surface area contributed by atoms with E-state index in [0.29, 0.717) is 17.7 Å². The van der Waals surface area contributed by atoms with Gasteiger partial charge in [-0.15, -0.1) is 0 Å². The van der Waals surface area contributed by atoms with Gasteiger partial charge in [0.05, 0.1) is 6.61 Å². The van der Waals surface area contributed by atoms with E-state index in [2.05, 4.69) is 4.74 Å². The molecule has 8 heteroatoms. The van der Waals surface area contributed by atoms with Crippen LogP contribution < -0.4 is 0 Å². The van der Waals surface area contributed by atoms with Crippen LogP contribution in [-0.4, -0.2) is 48.3 Å². The molecule has 0 aliphatic carbocycles. The van der Waals surface area contributed by atoms with Gasteiger partial charge < -0.3 is 9.64 Å². The van der Waals surface area contributed by atoms with Gasteiger partial charge in [-0.3, -0.25) is 4.79 Å². The molecule has 1 saturated heterocycles. The fourth-order valence-corrected chi connectivity index (χ4v) is 1.94. The lowest BCUT2D eigenvalue weighted by Crippen LogP contribution is -2.56. The van der Waals surface area contributed by atoms with Gasteiger partial charge in [0.2, 0.25) is 0 Å². The molecule has 0 spiro atoms. The Balaban J connectivity index is 2.88. The molecule has 1 fully saturated rings. The molecule has 0 radical (unpaired) electrons. The van der Waals surface area contributed by atoms with Crippen molar-refractivity contribution in [2.24, 2.45) is 0 Å². The fourth-order valence-electron chi connectivity index (χ4n) is 1.94. The quantitative estimate of drug-likeness (QED) is 0.585. The first kappa shape index (κ1) is 15.7. The summed E-state index contributed by atoms with van der Waals surface area (Å²) in [5, 5.41) is 0. The van der Waals surface area contributed by atoms with Crippen LogP contribution in [0.25, 0.3) is 0 Å². The predicted octanol–water partition coefficient (Wildman–Crippen LogP) is 1.83. The van der Waals surface area contributed by atoms with Crippen LogP contribution in [0.2, 0.25) is 0 Å². The number of piperidine rings is 1. The third kappa shape index (κ3) is 3.36. The summed E-state index contributed by atoms with van der Waals surface area (Å²) in [5.74, 6) is -7.62. The van der Waals surface area contributed by atoms with E-state index in [0.717, 1.165) is 0 Å². The van der Waals surface area contributed by atoms with Gasteiger partial charge in [0.15, 0.2) is 0 Å². The molecular formula is C11H15F4NO3. The van der Waals surface area contributed by atoms with Crippen LogP contribution in [0.15, 0.2) is 0 Å². The fraction of sp³-hybridized carbons (Fsp3) is 0.818. The SMILES string of the molecule is CCOC(=O)C1CCCCN1C(=O)C(F)(F)C(F)F. The minimum Gasteiger partial charge on any atom is -0.464 e. The summed E-state index contributed by atoms with van der Waals surface area (Å²) in [5.41, 5.74) is 0. The largest absolute Gasteiger partial charge is 0.464 e. The maximum atomic E-state index is 13.1. The number of ether oxygens (including phenoxy) is 1. The van der Waals surface area contributed by atoms with Gasteiger partial charge in [0, 0.05) is 6.54 Å². The van der Waals surface area contributed by atoms with E-state index in [-0.39, 0.29) is 19.6 Å². The molecule has 110 valence electrons. The van der Waals surface area contributed by atoms with Gasteiger partial charge in [-0.25, -0.2) is 13.6 Å². The normalized spacial score (nSPS) is 20.5. The zero-order chi connectivity index (χ0) is 14.6. The third-order valence-corrected chi connectivity index (χ3v) is 2.88. The average molecular weight is 285 g/mol. The summed E-state index contributed by atoms with van der Waals surface area (Å²) < 4.78 is 55.1. The maximum absolute atomic E-state index is 13.1. The van der Waals surface area contributed by atoms with Crippen LogP contribution in [0.4, 0.5) is 17.6 Å². The Kier molecular flexibility index (Phi) is 5.13. The number of amides is 1. The summed E-state index contributed by atoms with van der Waals surface area (Å²) in [7, 11) is 0. The minimum atomic E-state index is -4.78. The van der Waals surface area contributed by atoms with Crippen molar-refractivity contribution in [2.45, 2.75) is 44.6 Å². The van der Waals surface area contributed by atoms with Crippen molar-refractivity contribution in [3.63, 3.8) is 0 Å². The molecule has 0 N–H and O–H groups in total. The van der Waals surface area contributed by atoms with Gasteiger partial charge in [-0.2, -0.15) is 8.78 Å². The van der Waals surface area contributed by atoms with Crippen molar-refractivity contribution in [3.05, 3.63) is 0 Å². The topological polar surface area (TPSA) is 46.6 Å². The van der Waals surface area contributed by atoms with E-state index in [1.54, 1.807) is 0 Å². The Morgan fingerprint density at radius 2 is 2.00 bits per heavy atom. The van der Waals surface area contributed by atoms with E-state index in [1.165, 1.54) is 6.92 Å². The number of hydrogen-bond donors (Lipinski definition) is 0. The Morgan fingerprint density at radius 1 is 1.37 bits per heavy atom. The number of hydrogen-bond acceptors (Lipinski definition) is 3. The Morgan fingerprint density at radius 3 is 2.53 bits per heavy atom. The molecule has 1 heterocycles. The Labute approximate surface area is 107 Å². The van der Waals surface area contributed by atoms with Crippen molar-refractivity contribution >= 4 is 11.9 Å². The minimum absolute atomic E-state index is 0.0304. The number of likely N-dealkylation sites (tertiary alicyclic amines) is 1. The van der Waals surface area contributed by atoms with E-state index in [4.69, 9.17) is 0 Å². The molecule has 4 nitrogen and oxygen atoms in total. The maximum Gasteiger partial charge on any atom is 0.383 e. The molecule has 19 heavy (non-hydrogen) atoms. The summed E-state index contributed by atoms with van der Waals surface area (Å²) in [6, 6.07) is -1.20. The highest BCUT2D eigenvalue weighted by atomic mass is 19.3. The van der Waals surface area contributed by atoms with Gasteiger partial charge in [-0.1, -0.05) is 0 Å². The van der Waals surface area contributed by atoms with E-state index in [1.807, 2.05) is 0 Å². The molecule has 0 aromatic rings. The average Bonchev–Trinajstić information content (AvgIpc) is 2.37. The van der Waals surface area contributed by atoms with Crippen LogP contribution in [0.5, 0.6) is 0 Å². The zero-order valence-electron chi connectivity index (χ0n) is 10.4. The lowest BCUT2D eigenvalue weighted by Gasteiger charge is -2.35. The number of esters is 1. The molecule has 0 aromatic carbocycles. The van der Waals surface area contributed by atoms with E-state index >= 15 is 0 Å². The highest BCUT2D eigenvalue weighted by Gasteiger charge is 2.53. The highest BCUT2D eigenvalue weighted by molar-refractivity contribution is 5.89. The van der Waals surface area contributed by atoms with Crippen LogP contribution in [-0.2, 0) is 14.3 Å². The van der Waals surface area contributed by atoms with E-state index in [9.17, 15) is 27.2 Å². The molecule has 1 rings (SSSR count). The van der Waals surface area contributed by atoms with Crippen LogP contribution in [0.3, 0.4) is 0 Å². The predicted molar refractivity (Wildman–Crippen MR) is 56.9 cm³/mol. The molecule has 0 saturated carbocycles. The first-order valence-electron chi connectivity index (χ1n) is 5.96. The molecule has 1 aliphatic heterocycles. The van der Waals surface area contributed by atoms with Gasteiger partial charge in [0.1, 0.15) is 6.04 Å². The molecule has 1 unspecified atom stereocenters. The second-order valence-corrected chi connectivity index (χ2v) is 4.19. The summed E-state index contributed by atoms with van der Waals surface area (Å²) in [6.45, 7) is 1.41. The lowest BCUT2D eigenvalue weighted by molar-refractivity contribution is -0.187. The number of alkyl halides is 4. The van der Waals surface area contributed by atoms with Gasteiger partial charge in [-0.05, 0) is 26.2 Å². The third-order valence-electron chi connectivity index (χ3n) is 2.88. The highest BCUT2D eigenvalue weighted by Crippen LogP contribution is 2.29. The molecule has 0 bridgehead atoms.